The van der Waals surface area contributed by atoms with Crippen molar-refractivity contribution >= 4 is 23.5 Å². The van der Waals surface area contributed by atoms with Gasteiger partial charge in [0.2, 0.25) is 0 Å². The Hall–Kier alpha value is -2.68. The number of aromatic hydroxyl groups is 1. The van der Waals surface area contributed by atoms with Gasteiger partial charge in [0, 0.05) is 30.8 Å². The second kappa shape index (κ2) is 12.4. The Labute approximate surface area is 188 Å². The van der Waals surface area contributed by atoms with Crippen molar-refractivity contribution in [1.29, 1.82) is 0 Å². The van der Waals surface area contributed by atoms with E-state index in [-0.39, 0.29) is 30.3 Å². The molecule has 0 aliphatic carbocycles. The van der Waals surface area contributed by atoms with Crippen LogP contribution in [-0.4, -0.2) is 63.6 Å². The first-order valence-electron chi connectivity index (χ1n) is 10.9. The Morgan fingerprint density at radius 3 is 2.56 bits per heavy atom. The van der Waals surface area contributed by atoms with Crippen LogP contribution in [0, 0.1) is 5.92 Å². The van der Waals surface area contributed by atoms with E-state index in [9.17, 15) is 24.9 Å². The van der Waals surface area contributed by atoms with Crippen LogP contribution in [0.4, 0.5) is 5.69 Å². The largest absolute Gasteiger partial charge is 0.507 e. The maximum Gasteiger partial charge on any atom is 0.342 e. The van der Waals surface area contributed by atoms with E-state index >= 15 is 0 Å². The van der Waals surface area contributed by atoms with E-state index in [0.29, 0.717) is 24.2 Å². The topological polar surface area (TPSA) is 136 Å². The lowest BCUT2D eigenvalue weighted by atomic mass is 9.99. The van der Waals surface area contributed by atoms with Gasteiger partial charge in [-0.2, -0.15) is 0 Å². The number of fused-ring (bicyclic) bond motifs is 1. The monoisotopic (exact) mass is 447 g/mol. The predicted molar refractivity (Wildman–Crippen MR) is 121 cm³/mol. The molecular weight excluding hydrogens is 414 g/mol. The summed E-state index contributed by atoms with van der Waals surface area (Å²) in [7, 11) is 0. The first-order chi connectivity index (χ1) is 15.2. The maximum absolute atomic E-state index is 12.8. The number of cyclic esters (lactones) is 1. The molecule has 1 aromatic carbocycles. The molecule has 5 N–H and O–H groups in total. The molecule has 0 bridgehead atoms. The van der Waals surface area contributed by atoms with E-state index in [1.165, 1.54) is 24.3 Å². The van der Waals surface area contributed by atoms with Gasteiger partial charge in [-0.1, -0.05) is 25.2 Å². The van der Waals surface area contributed by atoms with E-state index in [4.69, 9.17) is 9.84 Å². The molecule has 4 atom stereocenters. The van der Waals surface area contributed by atoms with E-state index < -0.39 is 30.1 Å². The summed E-state index contributed by atoms with van der Waals surface area (Å²) >= 11 is 0. The number of nitrogens with one attached hydrogen (secondary N) is 1. The lowest BCUT2D eigenvalue weighted by Gasteiger charge is -2.20. The first kappa shape index (κ1) is 25.6. The second-order valence-electron chi connectivity index (χ2n) is 8.05. The molecule has 8 heteroatoms. The van der Waals surface area contributed by atoms with Crippen LogP contribution in [0.15, 0.2) is 30.4 Å². The van der Waals surface area contributed by atoms with Crippen LogP contribution in [0.5, 0.6) is 5.75 Å². The molecule has 1 aliphatic rings. The minimum atomic E-state index is -1.57. The molecule has 2 rings (SSSR count). The van der Waals surface area contributed by atoms with Crippen molar-refractivity contribution < 1.29 is 34.8 Å². The number of aliphatic hydroxyl groups is 3. The van der Waals surface area contributed by atoms with Crippen molar-refractivity contribution in [3.63, 3.8) is 0 Å². The molecular formula is C24H33NO7. The summed E-state index contributed by atoms with van der Waals surface area (Å²) < 4.78 is 5.51. The van der Waals surface area contributed by atoms with Crippen molar-refractivity contribution in [1.82, 2.24) is 0 Å². The van der Waals surface area contributed by atoms with Crippen molar-refractivity contribution in [2.24, 2.45) is 5.92 Å². The Balaban J connectivity index is 2.35. The normalized spacial score (nSPS) is 26.5. The lowest BCUT2D eigenvalue weighted by Crippen LogP contribution is -2.32. The smallest absolute Gasteiger partial charge is 0.342 e. The van der Waals surface area contributed by atoms with Crippen LogP contribution in [0.2, 0.25) is 0 Å². The summed E-state index contributed by atoms with van der Waals surface area (Å²) in [5, 5.41) is 42.8. The van der Waals surface area contributed by atoms with E-state index in [1.54, 1.807) is 26.0 Å². The van der Waals surface area contributed by atoms with E-state index in [2.05, 4.69) is 5.32 Å². The van der Waals surface area contributed by atoms with E-state index in [0.717, 1.165) is 12.8 Å². The Morgan fingerprint density at radius 1 is 1.09 bits per heavy atom. The van der Waals surface area contributed by atoms with Crippen LogP contribution in [0.25, 0.3) is 6.08 Å². The average molecular weight is 448 g/mol. The number of hydrogen-bond donors (Lipinski definition) is 5. The second-order valence-corrected chi connectivity index (χ2v) is 8.05. The third-order valence-electron chi connectivity index (χ3n) is 5.44. The van der Waals surface area contributed by atoms with Crippen molar-refractivity contribution in [3.8, 4) is 5.75 Å². The molecule has 0 saturated heterocycles. The zero-order chi connectivity index (χ0) is 23.7. The van der Waals surface area contributed by atoms with Crippen molar-refractivity contribution in [2.45, 2.75) is 57.8 Å². The fraction of sp³-hybridized carbons (Fsp3) is 0.500. The molecule has 1 aliphatic heterocycles. The lowest BCUT2D eigenvalue weighted by molar-refractivity contribution is -0.127. The SMILES string of the molecule is C[C@@H]1/C=C\C(=O)[C@@H](O)[C@@H](O)C/C=C/c2cc(NCCCCCO)cc(O)c2C(=O)O[C@H]1C. The van der Waals surface area contributed by atoms with Gasteiger partial charge >= 0.3 is 5.97 Å². The molecule has 1 heterocycles. The number of esters is 1. The number of unbranched alkanes of at least 4 members (excludes halogenated alkanes) is 2. The molecule has 0 fully saturated rings. The molecule has 0 radical (unpaired) electrons. The molecule has 0 spiro atoms. The first-order valence-corrected chi connectivity index (χ1v) is 10.9. The molecule has 32 heavy (non-hydrogen) atoms. The van der Waals surface area contributed by atoms with Gasteiger partial charge in [0.25, 0.3) is 0 Å². The summed E-state index contributed by atoms with van der Waals surface area (Å²) in [6, 6.07) is 3.14. The Kier molecular flexibility index (Phi) is 9.90. The summed E-state index contributed by atoms with van der Waals surface area (Å²) in [6.07, 6.45) is 4.67. The molecule has 0 saturated carbocycles. The number of ether oxygens (including phenoxy) is 1. The number of anilines is 1. The quantitative estimate of drug-likeness (QED) is 0.331. The summed E-state index contributed by atoms with van der Waals surface area (Å²) in [5.74, 6) is -1.91. The van der Waals surface area contributed by atoms with Crippen LogP contribution >= 0.6 is 0 Å². The average Bonchev–Trinajstić information content (AvgIpc) is 2.75. The van der Waals surface area contributed by atoms with Gasteiger partial charge in [-0.25, -0.2) is 4.79 Å². The van der Waals surface area contributed by atoms with Crippen LogP contribution in [-0.2, 0) is 9.53 Å². The number of ketones is 1. The van der Waals surface area contributed by atoms with Crippen LogP contribution < -0.4 is 5.32 Å². The van der Waals surface area contributed by atoms with Crippen molar-refractivity contribution in [2.75, 3.05) is 18.5 Å². The molecule has 0 unspecified atom stereocenters. The highest BCUT2D eigenvalue weighted by atomic mass is 16.5. The highest BCUT2D eigenvalue weighted by Crippen LogP contribution is 2.30. The third-order valence-corrected chi connectivity index (χ3v) is 5.44. The number of carbonyl (C=O) groups excluding carboxylic acids is 2. The highest BCUT2D eigenvalue weighted by Gasteiger charge is 2.25. The number of rotatable bonds is 6. The summed E-state index contributed by atoms with van der Waals surface area (Å²) in [4.78, 5) is 24.9. The van der Waals surface area contributed by atoms with Gasteiger partial charge in [0.1, 0.15) is 23.5 Å². The minimum Gasteiger partial charge on any atom is -0.507 e. The van der Waals surface area contributed by atoms with Crippen molar-refractivity contribution in [3.05, 3.63) is 41.5 Å². The Morgan fingerprint density at radius 2 is 1.84 bits per heavy atom. The minimum absolute atomic E-state index is 0.00159. The number of phenols is 1. The van der Waals surface area contributed by atoms with E-state index in [1.807, 2.05) is 0 Å². The molecule has 176 valence electrons. The predicted octanol–water partition coefficient (Wildman–Crippen LogP) is 2.41. The van der Waals surface area contributed by atoms with Gasteiger partial charge in [-0.05, 0) is 50.3 Å². The number of carbonyl (C=O) groups is 2. The zero-order valence-electron chi connectivity index (χ0n) is 18.5. The fourth-order valence-electron chi connectivity index (χ4n) is 3.24. The summed E-state index contributed by atoms with van der Waals surface area (Å²) in [5.41, 5.74) is 0.982. The molecule has 1 aromatic rings. The van der Waals surface area contributed by atoms with Gasteiger partial charge in [0.05, 0.1) is 6.10 Å². The number of aliphatic hydroxyl groups excluding tert-OH is 3. The zero-order valence-corrected chi connectivity index (χ0v) is 18.5. The van der Waals surface area contributed by atoms with Gasteiger partial charge in [0.15, 0.2) is 5.78 Å². The summed E-state index contributed by atoms with van der Waals surface area (Å²) in [6.45, 7) is 4.19. The highest BCUT2D eigenvalue weighted by molar-refractivity contribution is 5.97. The fourth-order valence-corrected chi connectivity index (χ4v) is 3.24. The maximum atomic E-state index is 12.8. The third kappa shape index (κ3) is 7.19. The Bertz CT molecular complexity index is 849. The van der Waals surface area contributed by atoms with Crippen LogP contribution in [0.1, 0.15) is 55.5 Å². The van der Waals surface area contributed by atoms with Gasteiger partial charge in [-0.3, -0.25) is 4.79 Å². The number of phenolic OH excluding ortho intramolecular Hbond substituents is 1. The number of benzene rings is 1. The standard InChI is InChI=1S/C24H33NO7/c1-15-9-10-20(28)23(30)19(27)8-6-7-17-13-18(25-11-4-3-5-12-26)14-21(29)22(17)24(31)32-16(15)2/h6-7,9-10,13-16,19,23,25-27,29-30H,3-5,8,11-12H2,1-2H3/b7-6+,10-9-/t15-,16+,19+,23+/m1/s1. The van der Waals surface area contributed by atoms with Gasteiger partial charge < -0.3 is 30.5 Å². The molecule has 8 nitrogen and oxygen atoms in total. The van der Waals surface area contributed by atoms with Gasteiger partial charge in [-0.15, -0.1) is 0 Å². The van der Waals surface area contributed by atoms with Crippen LogP contribution in [0.3, 0.4) is 0 Å². The molecule has 0 amide bonds. The number of hydrogen-bond acceptors (Lipinski definition) is 8. The molecule has 0 aromatic heterocycles.